The molecule has 0 radical (unpaired) electrons. The van der Waals surface area contributed by atoms with Gasteiger partial charge in [0.25, 0.3) is 5.91 Å². The molecule has 2 heterocycles. The smallest absolute Gasteiger partial charge is 0.424 e. The molecular formula is C20H12F4N6O2. The zero-order chi connectivity index (χ0) is 22.7. The normalized spacial score (nSPS) is 11.2. The summed E-state index contributed by atoms with van der Waals surface area (Å²) in [5.41, 5.74) is -2.22. The van der Waals surface area contributed by atoms with Crippen LogP contribution in [0, 0.1) is 5.82 Å². The average molecular weight is 444 g/mol. The number of nitrogens with one attached hydrogen (secondary N) is 1. The van der Waals surface area contributed by atoms with E-state index in [0.29, 0.717) is 10.4 Å². The van der Waals surface area contributed by atoms with E-state index in [1.807, 2.05) is 0 Å². The first-order valence-electron chi connectivity index (χ1n) is 8.96. The molecule has 12 heteroatoms. The molecule has 1 N–H and O–H groups in total. The molecule has 4 aromatic rings. The summed E-state index contributed by atoms with van der Waals surface area (Å²) in [4.78, 5) is 20.3. The van der Waals surface area contributed by atoms with Crippen molar-refractivity contribution in [3.63, 3.8) is 0 Å². The number of nitrogens with zero attached hydrogens (tertiary/aromatic N) is 5. The SMILES string of the molecule is O=C(Nc1ccc(Oc2ncccn2)cc1)c1nnn(-c2ccc(F)cc2)c1C(F)(F)F. The van der Waals surface area contributed by atoms with E-state index in [0.717, 1.165) is 24.3 Å². The summed E-state index contributed by atoms with van der Waals surface area (Å²) in [6.07, 6.45) is -1.96. The monoisotopic (exact) mass is 444 g/mol. The molecule has 0 unspecified atom stereocenters. The van der Waals surface area contributed by atoms with Gasteiger partial charge in [-0.3, -0.25) is 4.79 Å². The summed E-state index contributed by atoms with van der Waals surface area (Å²) < 4.78 is 60.0. The van der Waals surface area contributed by atoms with Crippen molar-refractivity contribution in [1.82, 2.24) is 25.0 Å². The molecule has 162 valence electrons. The molecule has 0 bridgehead atoms. The minimum absolute atomic E-state index is 0.102. The van der Waals surface area contributed by atoms with Gasteiger partial charge in [0.15, 0.2) is 11.4 Å². The molecule has 0 fully saturated rings. The number of carbonyl (C=O) groups is 1. The molecule has 8 nitrogen and oxygen atoms in total. The Labute approximate surface area is 177 Å². The van der Waals surface area contributed by atoms with E-state index in [-0.39, 0.29) is 17.4 Å². The van der Waals surface area contributed by atoms with Gasteiger partial charge in [-0.1, -0.05) is 5.21 Å². The van der Waals surface area contributed by atoms with Crippen LogP contribution in [0.15, 0.2) is 67.0 Å². The second-order valence-electron chi connectivity index (χ2n) is 6.28. The first kappa shape index (κ1) is 20.9. The maximum absolute atomic E-state index is 13.7. The third-order valence-corrected chi connectivity index (χ3v) is 4.09. The molecule has 0 atom stereocenters. The number of rotatable bonds is 5. The van der Waals surface area contributed by atoms with Gasteiger partial charge in [-0.25, -0.2) is 19.0 Å². The van der Waals surface area contributed by atoms with Crippen molar-refractivity contribution in [2.24, 2.45) is 0 Å². The van der Waals surface area contributed by atoms with Crippen molar-refractivity contribution >= 4 is 11.6 Å². The highest BCUT2D eigenvalue weighted by Gasteiger charge is 2.42. The van der Waals surface area contributed by atoms with Crippen molar-refractivity contribution in [1.29, 1.82) is 0 Å². The van der Waals surface area contributed by atoms with Gasteiger partial charge in [-0.2, -0.15) is 13.2 Å². The maximum Gasteiger partial charge on any atom is 0.435 e. The largest absolute Gasteiger partial charge is 0.435 e. The van der Waals surface area contributed by atoms with Crippen molar-refractivity contribution in [2.75, 3.05) is 5.32 Å². The van der Waals surface area contributed by atoms with Gasteiger partial charge in [0.05, 0.1) is 5.69 Å². The summed E-state index contributed by atoms with van der Waals surface area (Å²) >= 11 is 0. The number of anilines is 1. The van der Waals surface area contributed by atoms with Crippen LogP contribution in [0.4, 0.5) is 23.2 Å². The zero-order valence-electron chi connectivity index (χ0n) is 15.9. The van der Waals surface area contributed by atoms with Crippen LogP contribution in [-0.2, 0) is 6.18 Å². The summed E-state index contributed by atoms with van der Waals surface area (Å²) in [5, 5.41) is 9.17. The number of aromatic nitrogens is 5. The third kappa shape index (κ3) is 4.53. The maximum atomic E-state index is 13.7. The van der Waals surface area contributed by atoms with Crippen LogP contribution in [0.5, 0.6) is 11.8 Å². The molecule has 2 aromatic heterocycles. The van der Waals surface area contributed by atoms with Crippen LogP contribution in [0.25, 0.3) is 5.69 Å². The highest BCUT2D eigenvalue weighted by Crippen LogP contribution is 2.33. The number of carbonyl (C=O) groups excluding carboxylic acids is 1. The first-order chi connectivity index (χ1) is 15.3. The van der Waals surface area contributed by atoms with Crippen LogP contribution in [0.1, 0.15) is 16.2 Å². The molecule has 0 aliphatic carbocycles. The van der Waals surface area contributed by atoms with E-state index in [9.17, 15) is 22.4 Å². The molecule has 0 aliphatic rings. The van der Waals surface area contributed by atoms with Crippen LogP contribution in [-0.4, -0.2) is 30.9 Å². The highest BCUT2D eigenvalue weighted by atomic mass is 19.4. The summed E-state index contributed by atoms with van der Waals surface area (Å²) in [7, 11) is 0. The summed E-state index contributed by atoms with van der Waals surface area (Å²) in [6.45, 7) is 0. The number of ether oxygens (including phenoxy) is 1. The number of hydrogen-bond donors (Lipinski definition) is 1. The quantitative estimate of drug-likeness (QED) is 0.463. The lowest BCUT2D eigenvalue weighted by Gasteiger charge is -2.11. The van der Waals surface area contributed by atoms with E-state index in [1.165, 1.54) is 36.7 Å². The lowest BCUT2D eigenvalue weighted by Crippen LogP contribution is -2.21. The number of alkyl halides is 3. The van der Waals surface area contributed by atoms with Gasteiger partial charge in [0.1, 0.15) is 11.6 Å². The Bertz CT molecular complexity index is 1230. The molecule has 2 aromatic carbocycles. The fraction of sp³-hybridized carbons (Fsp3) is 0.0500. The van der Waals surface area contributed by atoms with E-state index in [2.05, 4.69) is 25.6 Å². The van der Waals surface area contributed by atoms with Gasteiger partial charge < -0.3 is 10.1 Å². The molecule has 1 amide bonds. The molecular weight excluding hydrogens is 432 g/mol. The number of halogens is 4. The van der Waals surface area contributed by atoms with Crippen LogP contribution in [0.2, 0.25) is 0 Å². The second-order valence-corrected chi connectivity index (χ2v) is 6.28. The summed E-state index contributed by atoms with van der Waals surface area (Å²) in [6, 6.07) is 11.7. The topological polar surface area (TPSA) is 94.8 Å². The van der Waals surface area contributed by atoms with Crippen molar-refractivity contribution in [2.45, 2.75) is 6.18 Å². The second kappa shape index (κ2) is 8.41. The Morgan fingerprint density at radius 1 is 0.969 bits per heavy atom. The van der Waals surface area contributed by atoms with Gasteiger partial charge in [0, 0.05) is 18.1 Å². The fourth-order valence-electron chi connectivity index (χ4n) is 2.69. The molecule has 0 saturated carbocycles. The fourth-order valence-corrected chi connectivity index (χ4v) is 2.69. The molecule has 0 aliphatic heterocycles. The number of amides is 1. The predicted molar refractivity (Wildman–Crippen MR) is 103 cm³/mol. The zero-order valence-corrected chi connectivity index (χ0v) is 15.9. The average Bonchev–Trinajstić information content (AvgIpc) is 3.22. The van der Waals surface area contributed by atoms with E-state index in [4.69, 9.17) is 4.74 Å². The van der Waals surface area contributed by atoms with Crippen molar-refractivity contribution in [3.8, 4) is 17.4 Å². The van der Waals surface area contributed by atoms with Crippen LogP contribution >= 0.6 is 0 Å². The molecule has 0 saturated heterocycles. The predicted octanol–water partition coefficient (Wildman–Crippen LogP) is 4.26. The van der Waals surface area contributed by atoms with Crippen LogP contribution < -0.4 is 10.1 Å². The Kier molecular flexibility index (Phi) is 5.50. The molecule has 4 rings (SSSR count). The standard InChI is InChI=1S/C20H12F4N6O2/c21-12-2-6-14(7-3-12)30-17(20(22,23)24)16(28-29-30)18(31)27-13-4-8-15(9-5-13)32-19-25-10-1-11-26-19/h1-11H,(H,27,31). The Hall–Kier alpha value is -4.35. The first-order valence-corrected chi connectivity index (χ1v) is 8.96. The summed E-state index contributed by atoms with van der Waals surface area (Å²) in [5.74, 6) is -1.40. The Morgan fingerprint density at radius 2 is 1.62 bits per heavy atom. The van der Waals surface area contributed by atoms with E-state index >= 15 is 0 Å². The molecule has 32 heavy (non-hydrogen) atoms. The van der Waals surface area contributed by atoms with Crippen LogP contribution in [0.3, 0.4) is 0 Å². The van der Waals surface area contributed by atoms with Gasteiger partial charge in [-0.05, 0) is 54.6 Å². The number of benzene rings is 2. The van der Waals surface area contributed by atoms with Gasteiger partial charge >= 0.3 is 12.2 Å². The third-order valence-electron chi connectivity index (χ3n) is 4.09. The minimum atomic E-state index is -4.95. The molecule has 0 spiro atoms. The van der Waals surface area contributed by atoms with E-state index < -0.39 is 29.3 Å². The van der Waals surface area contributed by atoms with E-state index in [1.54, 1.807) is 6.07 Å². The van der Waals surface area contributed by atoms with Crippen molar-refractivity contribution < 1.29 is 27.1 Å². The van der Waals surface area contributed by atoms with Crippen molar-refractivity contribution in [3.05, 3.63) is 84.2 Å². The lowest BCUT2D eigenvalue weighted by molar-refractivity contribution is -0.143. The Morgan fingerprint density at radius 3 is 2.25 bits per heavy atom. The minimum Gasteiger partial charge on any atom is -0.424 e. The number of hydrogen-bond acceptors (Lipinski definition) is 6. The highest BCUT2D eigenvalue weighted by molar-refractivity contribution is 6.03. The van der Waals surface area contributed by atoms with Gasteiger partial charge in [-0.15, -0.1) is 5.10 Å². The Balaban J connectivity index is 1.56. The van der Waals surface area contributed by atoms with Gasteiger partial charge in [0.2, 0.25) is 0 Å². The lowest BCUT2D eigenvalue weighted by atomic mass is 10.2.